The van der Waals surface area contributed by atoms with Gasteiger partial charge in [0.15, 0.2) is 11.6 Å². The summed E-state index contributed by atoms with van der Waals surface area (Å²) in [4.78, 5) is 0. The number of aliphatic hydroxyl groups is 1. The molecule has 0 amide bonds. The Morgan fingerprint density at radius 1 is 1.32 bits per heavy atom. The van der Waals surface area contributed by atoms with Crippen LogP contribution in [0.2, 0.25) is 0 Å². The zero-order valence-corrected chi connectivity index (χ0v) is 11.3. The van der Waals surface area contributed by atoms with Crippen LogP contribution in [-0.4, -0.2) is 30.9 Å². The molecule has 0 aromatic heterocycles. The summed E-state index contributed by atoms with van der Waals surface area (Å²) < 4.78 is 31.1. The molecule has 0 heterocycles. The summed E-state index contributed by atoms with van der Waals surface area (Å²) >= 11 is 0. The van der Waals surface area contributed by atoms with E-state index >= 15 is 0 Å². The third-order valence-electron chi connectivity index (χ3n) is 2.89. The highest BCUT2D eigenvalue weighted by Crippen LogP contribution is 2.19. The fraction of sp³-hybridized carbons (Fsp3) is 0.571. The van der Waals surface area contributed by atoms with Crippen LogP contribution in [0.5, 0.6) is 0 Å². The molecule has 2 N–H and O–H groups in total. The molecule has 108 valence electrons. The average molecular weight is 273 g/mol. The number of rotatable bonds is 8. The number of halogens is 2. The number of ether oxygens (including phenoxy) is 1. The molecule has 5 heteroatoms. The third-order valence-corrected chi connectivity index (χ3v) is 2.89. The zero-order valence-electron chi connectivity index (χ0n) is 11.3. The lowest BCUT2D eigenvalue weighted by Crippen LogP contribution is -2.33. The Balaban J connectivity index is 2.42. The average Bonchev–Trinajstić information content (AvgIpc) is 2.40. The highest BCUT2D eigenvalue weighted by molar-refractivity contribution is 5.21. The second-order valence-corrected chi connectivity index (χ2v) is 4.41. The van der Waals surface area contributed by atoms with Crippen molar-refractivity contribution in [1.82, 2.24) is 5.32 Å². The molecular formula is C14H21F2NO2. The summed E-state index contributed by atoms with van der Waals surface area (Å²) in [6, 6.07) is 3.20. The minimum Gasteiger partial charge on any atom is -0.387 e. The van der Waals surface area contributed by atoms with Gasteiger partial charge in [0.1, 0.15) is 0 Å². The maximum atomic E-state index is 13.1. The number of benzene rings is 1. The van der Waals surface area contributed by atoms with Gasteiger partial charge in [-0.2, -0.15) is 0 Å². The van der Waals surface area contributed by atoms with Crippen LogP contribution in [0, 0.1) is 11.6 Å². The molecule has 0 saturated carbocycles. The van der Waals surface area contributed by atoms with E-state index in [-0.39, 0.29) is 6.04 Å². The first-order valence-corrected chi connectivity index (χ1v) is 6.50. The van der Waals surface area contributed by atoms with Crippen LogP contribution in [0.1, 0.15) is 31.9 Å². The van der Waals surface area contributed by atoms with Gasteiger partial charge < -0.3 is 15.2 Å². The Morgan fingerprint density at radius 3 is 2.68 bits per heavy atom. The van der Waals surface area contributed by atoms with E-state index < -0.39 is 17.7 Å². The van der Waals surface area contributed by atoms with E-state index in [1.54, 1.807) is 6.92 Å². The molecule has 0 aliphatic carbocycles. The second-order valence-electron chi connectivity index (χ2n) is 4.41. The topological polar surface area (TPSA) is 41.5 Å². The Kier molecular flexibility index (Phi) is 6.91. The smallest absolute Gasteiger partial charge is 0.159 e. The number of hydrogen-bond donors (Lipinski definition) is 2. The van der Waals surface area contributed by atoms with E-state index in [9.17, 15) is 13.9 Å². The van der Waals surface area contributed by atoms with Gasteiger partial charge in [0.2, 0.25) is 0 Å². The Labute approximate surface area is 112 Å². The van der Waals surface area contributed by atoms with Crippen molar-refractivity contribution in [3.63, 3.8) is 0 Å². The number of nitrogens with one attached hydrogen (secondary N) is 1. The summed E-state index contributed by atoms with van der Waals surface area (Å²) in [6.45, 7) is 5.78. The van der Waals surface area contributed by atoms with E-state index in [0.29, 0.717) is 25.3 Å². The maximum Gasteiger partial charge on any atom is 0.159 e. The molecule has 3 nitrogen and oxygen atoms in total. The van der Waals surface area contributed by atoms with Crippen molar-refractivity contribution < 1.29 is 18.6 Å². The molecule has 1 aromatic rings. The van der Waals surface area contributed by atoms with Crippen LogP contribution in [0.3, 0.4) is 0 Å². The molecule has 0 radical (unpaired) electrons. The molecule has 0 fully saturated rings. The van der Waals surface area contributed by atoms with Crippen LogP contribution in [-0.2, 0) is 4.74 Å². The van der Waals surface area contributed by atoms with Gasteiger partial charge in [0, 0.05) is 19.3 Å². The molecule has 0 aliphatic rings. The maximum absolute atomic E-state index is 13.1. The standard InChI is InChI=1S/C14H21F2NO2/c1-3-19-8-4-7-17-10(2)14(18)11-5-6-12(15)13(16)9-11/h5-6,9-10,14,17-18H,3-4,7-8H2,1-2H3. The van der Waals surface area contributed by atoms with E-state index in [4.69, 9.17) is 4.74 Å². The van der Waals surface area contributed by atoms with Crippen LogP contribution in [0.15, 0.2) is 18.2 Å². The summed E-state index contributed by atoms with van der Waals surface area (Å²) in [5.74, 6) is -1.85. The van der Waals surface area contributed by atoms with E-state index in [1.165, 1.54) is 6.07 Å². The quantitative estimate of drug-likeness (QED) is 0.715. The van der Waals surface area contributed by atoms with Crippen LogP contribution < -0.4 is 5.32 Å². The molecule has 0 aliphatic heterocycles. The van der Waals surface area contributed by atoms with Crippen LogP contribution in [0.25, 0.3) is 0 Å². The SMILES string of the molecule is CCOCCCNC(C)C(O)c1ccc(F)c(F)c1. The minimum atomic E-state index is -0.944. The Hall–Kier alpha value is -1.04. The van der Waals surface area contributed by atoms with Gasteiger partial charge in [-0.05, 0) is 44.5 Å². The first kappa shape index (κ1) is 16.0. The Morgan fingerprint density at radius 2 is 2.05 bits per heavy atom. The summed E-state index contributed by atoms with van der Waals surface area (Å²) in [7, 11) is 0. The molecule has 0 bridgehead atoms. The van der Waals surface area contributed by atoms with Crippen LogP contribution in [0.4, 0.5) is 8.78 Å². The number of aliphatic hydroxyl groups excluding tert-OH is 1. The molecule has 0 spiro atoms. The monoisotopic (exact) mass is 273 g/mol. The van der Waals surface area contributed by atoms with Gasteiger partial charge in [-0.25, -0.2) is 8.78 Å². The minimum absolute atomic E-state index is 0.244. The van der Waals surface area contributed by atoms with Crippen molar-refractivity contribution in [3.05, 3.63) is 35.4 Å². The second kappa shape index (κ2) is 8.19. The molecule has 1 aromatic carbocycles. The predicted octanol–water partition coefficient (Wildman–Crippen LogP) is 2.40. The lowest BCUT2D eigenvalue weighted by atomic mass is 10.0. The van der Waals surface area contributed by atoms with Gasteiger partial charge in [-0.3, -0.25) is 0 Å². The number of hydrogen-bond acceptors (Lipinski definition) is 3. The molecular weight excluding hydrogens is 252 g/mol. The molecule has 2 atom stereocenters. The highest BCUT2D eigenvalue weighted by atomic mass is 19.2. The van der Waals surface area contributed by atoms with Gasteiger partial charge in [0.25, 0.3) is 0 Å². The largest absolute Gasteiger partial charge is 0.387 e. The van der Waals surface area contributed by atoms with Gasteiger partial charge >= 0.3 is 0 Å². The van der Waals surface area contributed by atoms with Crippen molar-refractivity contribution in [2.75, 3.05) is 19.8 Å². The molecule has 2 unspecified atom stereocenters. The predicted molar refractivity (Wildman–Crippen MR) is 69.9 cm³/mol. The van der Waals surface area contributed by atoms with E-state index in [2.05, 4.69) is 5.32 Å². The van der Waals surface area contributed by atoms with Crippen LogP contribution >= 0.6 is 0 Å². The summed E-state index contributed by atoms with van der Waals surface area (Å²) in [5, 5.41) is 13.2. The fourth-order valence-electron chi connectivity index (χ4n) is 1.74. The highest BCUT2D eigenvalue weighted by Gasteiger charge is 2.17. The van der Waals surface area contributed by atoms with Gasteiger partial charge in [0.05, 0.1) is 6.10 Å². The Bertz CT molecular complexity index is 388. The third kappa shape index (κ3) is 5.22. The van der Waals surface area contributed by atoms with Crippen molar-refractivity contribution in [1.29, 1.82) is 0 Å². The first-order chi connectivity index (χ1) is 9.06. The molecule has 1 rings (SSSR count). The lowest BCUT2D eigenvalue weighted by Gasteiger charge is -2.20. The summed E-state index contributed by atoms with van der Waals surface area (Å²) in [6.07, 6.45) is -0.0370. The zero-order chi connectivity index (χ0) is 14.3. The van der Waals surface area contributed by atoms with Crippen molar-refractivity contribution in [3.8, 4) is 0 Å². The van der Waals surface area contributed by atoms with E-state index in [0.717, 1.165) is 18.6 Å². The van der Waals surface area contributed by atoms with Crippen molar-refractivity contribution in [2.24, 2.45) is 0 Å². The normalized spacial score (nSPS) is 14.4. The lowest BCUT2D eigenvalue weighted by molar-refractivity contribution is 0.125. The molecule has 0 saturated heterocycles. The van der Waals surface area contributed by atoms with E-state index in [1.807, 2.05) is 6.92 Å². The molecule has 19 heavy (non-hydrogen) atoms. The van der Waals surface area contributed by atoms with Crippen molar-refractivity contribution in [2.45, 2.75) is 32.4 Å². The van der Waals surface area contributed by atoms with Gasteiger partial charge in [-0.15, -0.1) is 0 Å². The van der Waals surface area contributed by atoms with Crippen molar-refractivity contribution >= 4 is 0 Å². The first-order valence-electron chi connectivity index (χ1n) is 6.50. The fourth-order valence-corrected chi connectivity index (χ4v) is 1.74. The van der Waals surface area contributed by atoms with Gasteiger partial charge in [-0.1, -0.05) is 6.07 Å². The summed E-state index contributed by atoms with van der Waals surface area (Å²) in [5.41, 5.74) is 0.365.